The first kappa shape index (κ1) is 22.5. The van der Waals surface area contributed by atoms with Crippen molar-refractivity contribution in [2.45, 2.75) is 59.8 Å². The molecule has 1 N–H and O–H groups in total. The predicted octanol–water partition coefficient (Wildman–Crippen LogP) is 3.86. The van der Waals surface area contributed by atoms with E-state index in [4.69, 9.17) is 0 Å². The Hall–Kier alpha value is -1.56. The fourth-order valence-corrected chi connectivity index (χ4v) is 3.95. The van der Waals surface area contributed by atoms with E-state index in [9.17, 15) is 13.2 Å². The second-order valence-corrected chi connectivity index (χ2v) is 9.78. The van der Waals surface area contributed by atoms with E-state index in [1.807, 2.05) is 32.0 Å². The van der Waals surface area contributed by atoms with Gasteiger partial charge in [-0.05, 0) is 28.9 Å². The summed E-state index contributed by atoms with van der Waals surface area (Å²) in [4.78, 5) is 11.9. The van der Waals surface area contributed by atoms with Crippen LogP contribution in [0.5, 0.6) is 0 Å². The van der Waals surface area contributed by atoms with Crippen LogP contribution in [0, 0.1) is 5.92 Å². The number of hydrogen-bond acceptors (Lipinski definition) is 3. The van der Waals surface area contributed by atoms with Crippen molar-refractivity contribution in [3.63, 3.8) is 0 Å². The van der Waals surface area contributed by atoms with Gasteiger partial charge in [0, 0.05) is 13.0 Å². The van der Waals surface area contributed by atoms with Gasteiger partial charge >= 0.3 is 0 Å². The molecule has 26 heavy (non-hydrogen) atoms. The number of sulfonamides is 1. The minimum atomic E-state index is -3.47. The van der Waals surface area contributed by atoms with Crippen molar-refractivity contribution in [3.05, 3.63) is 29.3 Å². The van der Waals surface area contributed by atoms with Crippen LogP contribution in [0.3, 0.4) is 0 Å². The summed E-state index contributed by atoms with van der Waals surface area (Å²) in [6.45, 7) is 12.7. The summed E-state index contributed by atoms with van der Waals surface area (Å²) in [5, 5.41) is 2.84. The maximum Gasteiger partial charge on any atom is 0.232 e. The zero-order valence-electron chi connectivity index (χ0n) is 17.2. The Labute approximate surface area is 159 Å². The first-order valence-electron chi connectivity index (χ1n) is 9.32. The molecule has 0 bridgehead atoms. The van der Waals surface area contributed by atoms with Crippen LogP contribution in [0.2, 0.25) is 0 Å². The molecule has 0 aliphatic rings. The highest BCUT2D eigenvalue weighted by Crippen LogP contribution is 2.36. The van der Waals surface area contributed by atoms with E-state index in [1.165, 1.54) is 10.6 Å². The summed E-state index contributed by atoms with van der Waals surface area (Å²) in [5.74, 6) is 0.622. The number of para-hydroxylation sites is 1. The smallest absolute Gasteiger partial charge is 0.232 e. The van der Waals surface area contributed by atoms with Crippen molar-refractivity contribution in [2.75, 3.05) is 23.7 Å². The van der Waals surface area contributed by atoms with Gasteiger partial charge in [0.25, 0.3) is 0 Å². The standard InChI is InChI=1S/C20H34N2O3S/c1-14(2)13-19(23)21-11-12-22(26(7,24)25)20-17(15(3)4)9-8-10-18(20)16(5)6/h8-10,14-16H,11-13H2,1-7H3,(H,21,23). The van der Waals surface area contributed by atoms with Gasteiger partial charge in [-0.2, -0.15) is 0 Å². The number of carbonyl (C=O) groups is 1. The van der Waals surface area contributed by atoms with Crippen molar-refractivity contribution in [1.82, 2.24) is 5.32 Å². The summed E-state index contributed by atoms with van der Waals surface area (Å²) in [6, 6.07) is 5.96. The van der Waals surface area contributed by atoms with Gasteiger partial charge in [0.05, 0.1) is 18.5 Å². The van der Waals surface area contributed by atoms with Crippen LogP contribution < -0.4 is 9.62 Å². The number of hydrogen-bond donors (Lipinski definition) is 1. The average Bonchev–Trinajstić information content (AvgIpc) is 2.48. The lowest BCUT2D eigenvalue weighted by molar-refractivity contribution is -0.121. The third kappa shape index (κ3) is 6.31. The van der Waals surface area contributed by atoms with E-state index in [2.05, 4.69) is 33.0 Å². The number of nitrogens with zero attached hydrogens (tertiary/aromatic N) is 1. The maximum atomic E-state index is 12.5. The van der Waals surface area contributed by atoms with Crippen molar-refractivity contribution in [2.24, 2.45) is 5.92 Å². The van der Waals surface area contributed by atoms with Gasteiger partial charge in [-0.3, -0.25) is 9.10 Å². The average molecular weight is 383 g/mol. The second-order valence-electron chi connectivity index (χ2n) is 7.88. The number of amides is 1. The zero-order valence-corrected chi connectivity index (χ0v) is 18.0. The molecule has 0 saturated heterocycles. The number of nitrogens with one attached hydrogen (secondary N) is 1. The van der Waals surface area contributed by atoms with E-state index in [0.717, 1.165) is 16.8 Å². The Kier molecular flexibility index (Phi) is 8.13. The Morgan fingerprint density at radius 1 is 1.04 bits per heavy atom. The summed E-state index contributed by atoms with van der Waals surface area (Å²) in [5.41, 5.74) is 2.78. The van der Waals surface area contributed by atoms with Gasteiger partial charge in [0.15, 0.2) is 0 Å². The van der Waals surface area contributed by atoms with Gasteiger partial charge < -0.3 is 5.32 Å². The topological polar surface area (TPSA) is 66.5 Å². The molecule has 0 unspecified atom stereocenters. The van der Waals surface area contributed by atoms with E-state index in [1.54, 1.807) is 0 Å². The molecule has 0 fully saturated rings. The highest BCUT2D eigenvalue weighted by Gasteiger charge is 2.25. The first-order valence-corrected chi connectivity index (χ1v) is 11.2. The summed E-state index contributed by atoms with van der Waals surface area (Å²) < 4.78 is 26.5. The molecule has 0 heterocycles. The van der Waals surface area contributed by atoms with Gasteiger partial charge in [0.2, 0.25) is 15.9 Å². The van der Waals surface area contributed by atoms with Crippen molar-refractivity contribution in [1.29, 1.82) is 0 Å². The minimum Gasteiger partial charge on any atom is -0.354 e. The molecule has 0 aliphatic heterocycles. The highest BCUT2D eigenvalue weighted by atomic mass is 32.2. The molecule has 5 nitrogen and oxygen atoms in total. The fraction of sp³-hybridized carbons (Fsp3) is 0.650. The molecule has 0 saturated carbocycles. The van der Waals surface area contributed by atoms with Crippen molar-refractivity contribution >= 4 is 21.6 Å². The third-order valence-corrected chi connectivity index (χ3v) is 5.39. The monoisotopic (exact) mass is 382 g/mol. The Morgan fingerprint density at radius 3 is 1.92 bits per heavy atom. The second kappa shape index (κ2) is 9.40. The molecule has 0 radical (unpaired) electrons. The molecular weight excluding hydrogens is 348 g/mol. The Bertz CT molecular complexity index is 684. The lowest BCUT2D eigenvalue weighted by Gasteiger charge is -2.30. The van der Waals surface area contributed by atoms with Crippen molar-refractivity contribution < 1.29 is 13.2 Å². The third-order valence-electron chi connectivity index (χ3n) is 4.22. The summed E-state index contributed by atoms with van der Waals surface area (Å²) in [7, 11) is -3.47. The highest BCUT2D eigenvalue weighted by molar-refractivity contribution is 7.92. The lowest BCUT2D eigenvalue weighted by Crippen LogP contribution is -2.39. The number of carbonyl (C=O) groups excluding carboxylic acids is 1. The van der Waals surface area contributed by atoms with Crippen molar-refractivity contribution in [3.8, 4) is 0 Å². The SMILES string of the molecule is CC(C)CC(=O)NCCN(c1c(C(C)C)cccc1C(C)C)S(C)(=O)=O. The molecule has 0 atom stereocenters. The largest absolute Gasteiger partial charge is 0.354 e. The first-order chi connectivity index (χ1) is 11.9. The minimum absolute atomic E-state index is 0.0466. The van der Waals surface area contributed by atoms with Gasteiger partial charge in [0.1, 0.15) is 0 Å². The molecule has 0 spiro atoms. The van der Waals surface area contributed by atoms with Crippen LogP contribution >= 0.6 is 0 Å². The molecular formula is C20H34N2O3S. The van der Waals surface area contributed by atoms with E-state index in [-0.39, 0.29) is 30.2 Å². The van der Waals surface area contributed by atoms with E-state index in [0.29, 0.717) is 13.0 Å². The molecule has 6 heteroatoms. The molecule has 1 amide bonds. The molecule has 1 aromatic carbocycles. The lowest BCUT2D eigenvalue weighted by atomic mass is 9.92. The summed E-state index contributed by atoms with van der Waals surface area (Å²) >= 11 is 0. The number of anilines is 1. The van der Waals surface area contributed by atoms with E-state index >= 15 is 0 Å². The Balaban J connectivity index is 3.20. The van der Waals surface area contributed by atoms with E-state index < -0.39 is 10.0 Å². The fourth-order valence-electron chi connectivity index (χ4n) is 2.98. The van der Waals surface area contributed by atoms with Gasteiger partial charge in [-0.1, -0.05) is 59.7 Å². The molecule has 148 valence electrons. The van der Waals surface area contributed by atoms with Crippen LogP contribution in [-0.4, -0.2) is 33.7 Å². The van der Waals surface area contributed by atoms with Crippen LogP contribution in [0.25, 0.3) is 0 Å². The maximum absolute atomic E-state index is 12.5. The number of benzene rings is 1. The molecule has 1 aromatic rings. The number of rotatable bonds is 9. The normalized spacial score (nSPS) is 12.1. The Morgan fingerprint density at radius 2 is 1.54 bits per heavy atom. The van der Waals surface area contributed by atoms with Crippen LogP contribution in [0.15, 0.2) is 18.2 Å². The van der Waals surface area contributed by atoms with Crippen LogP contribution in [0.1, 0.15) is 70.9 Å². The molecule has 1 rings (SSSR count). The molecule has 0 aromatic heterocycles. The summed E-state index contributed by atoms with van der Waals surface area (Å²) in [6.07, 6.45) is 1.67. The van der Waals surface area contributed by atoms with Gasteiger partial charge in [-0.15, -0.1) is 0 Å². The predicted molar refractivity (Wildman–Crippen MR) is 109 cm³/mol. The zero-order chi connectivity index (χ0) is 20.1. The molecule has 0 aliphatic carbocycles. The quantitative estimate of drug-likeness (QED) is 0.705. The van der Waals surface area contributed by atoms with Crippen LogP contribution in [0.4, 0.5) is 5.69 Å². The van der Waals surface area contributed by atoms with Crippen LogP contribution in [-0.2, 0) is 14.8 Å². The van der Waals surface area contributed by atoms with Gasteiger partial charge in [-0.25, -0.2) is 8.42 Å².